The van der Waals surface area contributed by atoms with E-state index in [4.69, 9.17) is 14.2 Å². The van der Waals surface area contributed by atoms with Crippen LogP contribution in [0.15, 0.2) is 60.2 Å². The highest BCUT2D eigenvalue weighted by atomic mass is 19.1. The summed E-state index contributed by atoms with van der Waals surface area (Å²) in [6.45, 7) is 12.2. The molecule has 2 bridgehead atoms. The van der Waals surface area contributed by atoms with Crippen LogP contribution in [0.4, 0.5) is 10.1 Å². The van der Waals surface area contributed by atoms with Gasteiger partial charge in [-0.05, 0) is 82.4 Å². The Morgan fingerprint density at radius 1 is 1.13 bits per heavy atom. The van der Waals surface area contributed by atoms with Gasteiger partial charge in [-0.3, -0.25) is 19.5 Å². The maximum Gasteiger partial charge on any atom is 0.329 e. The minimum atomic E-state index is -1.11. The number of piperidine rings is 3. The Morgan fingerprint density at radius 3 is 2.65 bits per heavy atom. The lowest BCUT2D eigenvalue weighted by molar-refractivity contribution is -0.159. The molecule has 5 aliphatic heterocycles. The first-order valence-electron chi connectivity index (χ1n) is 18.8. The molecule has 54 heavy (non-hydrogen) atoms. The molecule has 4 aromatic rings. The smallest absolute Gasteiger partial charge is 0.329 e. The van der Waals surface area contributed by atoms with Crippen molar-refractivity contribution in [1.82, 2.24) is 24.7 Å². The van der Waals surface area contributed by atoms with Gasteiger partial charge in [0.1, 0.15) is 35.8 Å². The number of rotatable bonds is 9. The number of pyridine rings is 2. The normalized spacial score (nSPS) is 24.8. The number of piperazine rings is 1. The van der Waals surface area contributed by atoms with Crippen molar-refractivity contribution in [2.75, 3.05) is 64.9 Å². The zero-order valence-electron chi connectivity index (χ0n) is 31.2. The van der Waals surface area contributed by atoms with Crippen molar-refractivity contribution in [3.05, 3.63) is 82.5 Å². The van der Waals surface area contributed by atoms with E-state index in [9.17, 15) is 14.4 Å². The summed E-state index contributed by atoms with van der Waals surface area (Å²) in [7, 11) is 3.63. The summed E-state index contributed by atoms with van der Waals surface area (Å²) in [5.74, 6) is -0.217. The number of carbonyl (C=O) groups is 2. The Morgan fingerprint density at radius 2 is 1.93 bits per heavy atom. The Hall–Kier alpha value is -5.01. The van der Waals surface area contributed by atoms with Gasteiger partial charge in [-0.25, -0.2) is 9.18 Å². The molecule has 0 aliphatic carbocycles. The second kappa shape index (κ2) is 14.3. The first kappa shape index (κ1) is 36.0. The number of esters is 1. The number of carbonyl (C=O) groups excluding carboxylic acids is 2. The Bertz CT molecular complexity index is 2200. The fourth-order valence-electron chi connectivity index (χ4n) is 8.82. The van der Waals surface area contributed by atoms with E-state index >= 15 is 4.39 Å². The zero-order valence-corrected chi connectivity index (χ0v) is 31.2. The van der Waals surface area contributed by atoms with Crippen molar-refractivity contribution in [3.63, 3.8) is 0 Å². The molecule has 0 radical (unpaired) electrons. The number of methoxy groups -OCH3 is 1. The standard InChI is InChI=1S/C41H47FN6O6/c1-6-25-20-47-12-10-26(25)17-34(47)38(28-9-11-43-33-8-7-27(52-5)18-29(28)33)54-41(51)24(3)44-40(50)31-21-48-23(2)22-53-39-35(48)30(37(31)49)19-32(42)36(39)46-15-13-45(4)14-16-46/h6-9,11,18-19,21,23-26,34,38H,1,10,12-17,20,22H2,2-5H3,(H,44,50)/t23-,24-,25-,26-,34-,38+/m0/s1. The summed E-state index contributed by atoms with van der Waals surface area (Å²) in [6.07, 6.45) is 6.43. The molecule has 7 atom stereocenters. The third-order valence-electron chi connectivity index (χ3n) is 11.9. The molecule has 12 nitrogen and oxygen atoms in total. The van der Waals surface area contributed by atoms with Crippen molar-refractivity contribution in [2.45, 2.75) is 50.9 Å². The van der Waals surface area contributed by atoms with Gasteiger partial charge in [-0.15, -0.1) is 6.58 Å². The largest absolute Gasteiger partial charge is 0.497 e. The van der Waals surface area contributed by atoms with Crippen molar-refractivity contribution in [1.29, 1.82) is 0 Å². The van der Waals surface area contributed by atoms with Crippen LogP contribution in [-0.4, -0.2) is 103 Å². The van der Waals surface area contributed by atoms with E-state index in [-0.39, 0.29) is 29.6 Å². The molecule has 284 valence electrons. The summed E-state index contributed by atoms with van der Waals surface area (Å²) < 4.78 is 35.8. The lowest BCUT2D eigenvalue weighted by Gasteiger charge is -2.51. The Balaban J connectivity index is 1.09. The number of fused-ring (bicyclic) bond motifs is 4. The Kier molecular flexibility index (Phi) is 9.55. The van der Waals surface area contributed by atoms with Gasteiger partial charge in [0.05, 0.1) is 35.6 Å². The molecule has 9 rings (SSSR count). The van der Waals surface area contributed by atoms with E-state index in [2.05, 4.69) is 26.7 Å². The molecule has 0 saturated carbocycles. The fourth-order valence-corrected chi connectivity index (χ4v) is 8.82. The molecule has 4 saturated heterocycles. The molecule has 1 unspecified atom stereocenters. The van der Waals surface area contributed by atoms with E-state index in [0.29, 0.717) is 47.6 Å². The van der Waals surface area contributed by atoms with E-state index in [1.54, 1.807) is 20.2 Å². The minimum Gasteiger partial charge on any atom is -0.497 e. The van der Waals surface area contributed by atoms with Crippen LogP contribution in [0.3, 0.4) is 0 Å². The van der Waals surface area contributed by atoms with Gasteiger partial charge in [-0.2, -0.15) is 0 Å². The van der Waals surface area contributed by atoms with Crippen LogP contribution in [0.1, 0.15) is 54.8 Å². The van der Waals surface area contributed by atoms with Crippen LogP contribution in [0.5, 0.6) is 11.5 Å². The zero-order chi connectivity index (χ0) is 37.8. The number of likely N-dealkylation sites (N-methyl/N-ethyl adjacent to an activating group) is 1. The van der Waals surface area contributed by atoms with E-state index in [1.165, 1.54) is 12.3 Å². The quantitative estimate of drug-likeness (QED) is 0.191. The van der Waals surface area contributed by atoms with Crippen molar-refractivity contribution >= 4 is 39.4 Å². The van der Waals surface area contributed by atoms with Gasteiger partial charge in [0.2, 0.25) is 5.43 Å². The molecule has 2 aromatic heterocycles. The number of benzene rings is 2. The molecule has 1 amide bonds. The van der Waals surface area contributed by atoms with Gasteiger partial charge < -0.3 is 33.9 Å². The molecule has 1 N–H and O–H groups in total. The number of amides is 1. The second-order valence-corrected chi connectivity index (χ2v) is 15.2. The van der Waals surface area contributed by atoms with Crippen molar-refractivity contribution in [3.8, 4) is 11.5 Å². The van der Waals surface area contributed by atoms with Gasteiger partial charge in [0, 0.05) is 56.1 Å². The number of aromatic nitrogens is 2. The summed E-state index contributed by atoms with van der Waals surface area (Å²) in [4.78, 5) is 52.9. The summed E-state index contributed by atoms with van der Waals surface area (Å²) >= 11 is 0. The molecule has 13 heteroatoms. The summed E-state index contributed by atoms with van der Waals surface area (Å²) in [6, 6.07) is 7.27. The molecular formula is C41H47FN6O6. The number of halogens is 1. The maximum atomic E-state index is 15.9. The van der Waals surface area contributed by atoms with Crippen LogP contribution in [0, 0.1) is 17.7 Å². The molecule has 7 heterocycles. The van der Waals surface area contributed by atoms with Crippen LogP contribution >= 0.6 is 0 Å². The van der Waals surface area contributed by atoms with E-state index in [0.717, 1.165) is 55.5 Å². The monoisotopic (exact) mass is 738 g/mol. The molecule has 5 aliphatic rings. The van der Waals surface area contributed by atoms with Gasteiger partial charge in [0.15, 0.2) is 11.6 Å². The summed E-state index contributed by atoms with van der Waals surface area (Å²) in [5.41, 5.74) is 1.50. The van der Waals surface area contributed by atoms with Crippen LogP contribution in [0.25, 0.3) is 21.8 Å². The van der Waals surface area contributed by atoms with Crippen molar-refractivity contribution < 1.29 is 28.2 Å². The SMILES string of the molecule is C=C[C@H]1CN2CC[C@H]1C[C@H]2[C@H](OC(=O)[C@H](C)NC(=O)c1cn2c3c(c(N4CCN(C)CC4)c(F)cc3c1=O)OC[C@@H]2C)c1ccnc2ccc(OC)cc12. The lowest BCUT2D eigenvalue weighted by Crippen LogP contribution is -2.55. The first-order valence-corrected chi connectivity index (χ1v) is 18.8. The molecular weight excluding hydrogens is 691 g/mol. The fraction of sp³-hybridized carbons (Fsp3) is 0.463. The van der Waals surface area contributed by atoms with Gasteiger partial charge in [0.25, 0.3) is 5.91 Å². The number of hydrogen-bond donors (Lipinski definition) is 1. The van der Waals surface area contributed by atoms with Crippen LogP contribution in [-0.2, 0) is 9.53 Å². The number of hydrogen-bond acceptors (Lipinski definition) is 10. The number of nitrogens with one attached hydrogen (secondary N) is 1. The highest BCUT2D eigenvalue weighted by Gasteiger charge is 2.45. The molecule has 0 spiro atoms. The number of ether oxygens (including phenoxy) is 3. The topological polar surface area (TPSA) is 118 Å². The summed E-state index contributed by atoms with van der Waals surface area (Å²) in [5, 5.41) is 3.59. The average molecular weight is 739 g/mol. The maximum absolute atomic E-state index is 15.9. The van der Waals surface area contributed by atoms with Gasteiger partial charge >= 0.3 is 5.97 Å². The van der Waals surface area contributed by atoms with E-state index < -0.39 is 35.3 Å². The third-order valence-corrected chi connectivity index (χ3v) is 11.9. The molecule has 4 fully saturated rings. The third kappa shape index (κ3) is 6.26. The van der Waals surface area contributed by atoms with Gasteiger partial charge in [-0.1, -0.05) is 6.08 Å². The lowest BCUT2D eigenvalue weighted by atomic mass is 9.73. The minimum absolute atomic E-state index is 0.0501. The highest BCUT2D eigenvalue weighted by Crippen LogP contribution is 2.45. The van der Waals surface area contributed by atoms with E-state index in [1.807, 2.05) is 53.8 Å². The average Bonchev–Trinajstić information content (AvgIpc) is 3.18. The number of nitrogens with zero attached hydrogens (tertiary/aromatic N) is 5. The predicted octanol–water partition coefficient (Wildman–Crippen LogP) is 4.70. The predicted molar refractivity (Wildman–Crippen MR) is 204 cm³/mol. The first-order chi connectivity index (χ1) is 26.1. The highest BCUT2D eigenvalue weighted by molar-refractivity contribution is 6.01. The number of anilines is 1. The second-order valence-electron chi connectivity index (χ2n) is 15.2. The van der Waals surface area contributed by atoms with Crippen LogP contribution < -0.4 is 25.1 Å². The van der Waals surface area contributed by atoms with Crippen molar-refractivity contribution in [2.24, 2.45) is 11.8 Å². The molecule has 2 aromatic carbocycles. The van der Waals surface area contributed by atoms with Crippen LogP contribution in [0.2, 0.25) is 0 Å². The Labute approximate surface area is 313 Å².